The monoisotopic (exact) mass is 247 g/mol. The van der Waals surface area contributed by atoms with Crippen molar-refractivity contribution in [2.24, 2.45) is 0 Å². The summed E-state index contributed by atoms with van der Waals surface area (Å²) in [7, 11) is 0. The second kappa shape index (κ2) is 5.45. The van der Waals surface area contributed by atoms with Crippen molar-refractivity contribution >= 4 is 11.8 Å². The second-order valence-electron chi connectivity index (χ2n) is 5.28. The molecule has 0 aromatic heterocycles. The molecule has 1 saturated carbocycles. The van der Waals surface area contributed by atoms with Gasteiger partial charge in [-0.2, -0.15) is 0 Å². The van der Waals surface area contributed by atoms with E-state index in [0.29, 0.717) is 6.04 Å². The lowest BCUT2D eigenvalue weighted by Gasteiger charge is -2.24. The summed E-state index contributed by atoms with van der Waals surface area (Å²) < 4.78 is 0. The van der Waals surface area contributed by atoms with Crippen molar-refractivity contribution in [2.75, 3.05) is 6.54 Å². The van der Waals surface area contributed by atoms with Crippen molar-refractivity contribution in [1.29, 1.82) is 0 Å². The summed E-state index contributed by atoms with van der Waals surface area (Å²) in [6, 6.07) is 9.71. The Labute approximate surface area is 108 Å². The van der Waals surface area contributed by atoms with Crippen LogP contribution in [0.3, 0.4) is 0 Å². The van der Waals surface area contributed by atoms with Gasteiger partial charge in [-0.05, 0) is 50.3 Å². The fourth-order valence-corrected chi connectivity index (χ4v) is 3.71. The van der Waals surface area contributed by atoms with Crippen molar-refractivity contribution < 1.29 is 0 Å². The largest absolute Gasteiger partial charge is 0.314 e. The van der Waals surface area contributed by atoms with Gasteiger partial charge in [0.25, 0.3) is 0 Å². The Morgan fingerprint density at radius 3 is 2.76 bits per heavy atom. The van der Waals surface area contributed by atoms with Crippen LogP contribution in [-0.4, -0.2) is 17.8 Å². The normalized spacial score (nSPS) is 24.8. The lowest BCUT2D eigenvalue weighted by atomic mass is 9.98. The van der Waals surface area contributed by atoms with E-state index in [1.165, 1.54) is 50.0 Å². The van der Waals surface area contributed by atoms with Crippen LogP contribution < -0.4 is 5.32 Å². The first-order valence-electron chi connectivity index (χ1n) is 6.90. The van der Waals surface area contributed by atoms with Crippen molar-refractivity contribution in [3.05, 3.63) is 29.8 Å². The fraction of sp³-hybridized carbons (Fsp3) is 0.600. The first-order valence-corrected chi connectivity index (χ1v) is 7.78. The molecule has 0 amide bonds. The van der Waals surface area contributed by atoms with Crippen molar-refractivity contribution in [2.45, 2.75) is 54.7 Å². The number of nitrogens with one attached hydrogen (secondary N) is 1. The van der Waals surface area contributed by atoms with Crippen LogP contribution in [0.5, 0.6) is 0 Å². The van der Waals surface area contributed by atoms with Gasteiger partial charge < -0.3 is 5.32 Å². The summed E-state index contributed by atoms with van der Waals surface area (Å²) in [5.74, 6) is 0. The van der Waals surface area contributed by atoms with Gasteiger partial charge in [-0.3, -0.25) is 0 Å². The third-order valence-electron chi connectivity index (χ3n) is 3.67. The van der Waals surface area contributed by atoms with Gasteiger partial charge in [0.2, 0.25) is 0 Å². The lowest BCUT2D eigenvalue weighted by molar-refractivity contribution is 0.398. The number of thioether (sulfide) groups is 1. The number of hydrogen-bond donors (Lipinski definition) is 1. The molecule has 3 rings (SSSR count). The Bertz CT molecular complexity index is 367. The Morgan fingerprint density at radius 2 is 2.00 bits per heavy atom. The fourth-order valence-electron chi connectivity index (χ4n) is 2.52. The van der Waals surface area contributed by atoms with E-state index >= 15 is 0 Å². The van der Waals surface area contributed by atoms with E-state index in [0.717, 1.165) is 5.25 Å². The van der Waals surface area contributed by atoms with E-state index in [2.05, 4.69) is 41.3 Å². The standard InChI is InChI=1S/C15H21NS/c1-2-7-15(17-14-8-9-14)12(5-1)11-13-6-3-4-10-16-13/h1-2,5,7,13-14,16H,3-4,6,8-11H2. The minimum Gasteiger partial charge on any atom is -0.314 e. The van der Waals surface area contributed by atoms with Gasteiger partial charge in [0, 0.05) is 16.2 Å². The van der Waals surface area contributed by atoms with Gasteiger partial charge in [0.1, 0.15) is 0 Å². The highest BCUT2D eigenvalue weighted by atomic mass is 32.2. The average molecular weight is 247 g/mol. The van der Waals surface area contributed by atoms with E-state index in [1.807, 2.05) is 0 Å². The predicted molar refractivity (Wildman–Crippen MR) is 74.7 cm³/mol. The van der Waals surface area contributed by atoms with Crippen LogP contribution in [0.1, 0.15) is 37.7 Å². The molecule has 0 radical (unpaired) electrons. The second-order valence-corrected chi connectivity index (χ2v) is 6.62. The van der Waals surface area contributed by atoms with Gasteiger partial charge in [-0.15, -0.1) is 11.8 Å². The third-order valence-corrected chi connectivity index (χ3v) is 5.13. The van der Waals surface area contributed by atoms with E-state index in [9.17, 15) is 0 Å². The number of benzene rings is 1. The van der Waals surface area contributed by atoms with Gasteiger partial charge in [-0.25, -0.2) is 0 Å². The van der Waals surface area contributed by atoms with Gasteiger partial charge in [-0.1, -0.05) is 24.6 Å². The SMILES string of the molecule is c1ccc(SC2CC2)c(CC2CCCCN2)c1. The summed E-state index contributed by atoms with van der Waals surface area (Å²) >= 11 is 2.10. The van der Waals surface area contributed by atoms with Gasteiger partial charge in [0.15, 0.2) is 0 Å². The molecule has 1 N–H and O–H groups in total. The van der Waals surface area contributed by atoms with Crippen LogP contribution in [0.25, 0.3) is 0 Å². The highest BCUT2D eigenvalue weighted by Gasteiger charge is 2.24. The van der Waals surface area contributed by atoms with Crippen LogP contribution in [-0.2, 0) is 6.42 Å². The molecule has 1 aromatic rings. The van der Waals surface area contributed by atoms with E-state index in [4.69, 9.17) is 0 Å². The molecule has 1 unspecified atom stereocenters. The molecule has 17 heavy (non-hydrogen) atoms. The van der Waals surface area contributed by atoms with Crippen molar-refractivity contribution in [3.8, 4) is 0 Å². The highest BCUT2D eigenvalue weighted by molar-refractivity contribution is 8.00. The quantitative estimate of drug-likeness (QED) is 0.872. The molecule has 1 aromatic carbocycles. The smallest absolute Gasteiger partial charge is 0.0108 e. The van der Waals surface area contributed by atoms with Crippen LogP contribution in [0.2, 0.25) is 0 Å². The summed E-state index contributed by atoms with van der Waals surface area (Å²) in [5.41, 5.74) is 1.56. The first-order chi connectivity index (χ1) is 8.42. The molecule has 0 bridgehead atoms. The minimum atomic E-state index is 0.713. The highest BCUT2D eigenvalue weighted by Crippen LogP contribution is 2.40. The Kier molecular flexibility index (Phi) is 3.72. The molecule has 1 saturated heterocycles. The molecule has 2 aliphatic rings. The third kappa shape index (κ3) is 3.26. The number of rotatable bonds is 4. The van der Waals surface area contributed by atoms with Crippen molar-refractivity contribution in [1.82, 2.24) is 5.32 Å². The summed E-state index contributed by atoms with van der Waals surface area (Å²) in [5, 5.41) is 4.57. The Hall–Kier alpha value is -0.470. The first kappa shape index (κ1) is 11.6. The molecule has 1 atom stereocenters. The average Bonchev–Trinajstić information content (AvgIpc) is 3.17. The zero-order valence-corrected chi connectivity index (χ0v) is 11.1. The molecule has 92 valence electrons. The molecule has 0 spiro atoms. The maximum atomic E-state index is 3.65. The molecule has 1 aliphatic carbocycles. The van der Waals surface area contributed by atoms with Gasteiger partial charge in [0.05, 0.1) is 0 Å². The molecular weight excluding hydrogens is 226 g/mol. The maximum absolute atomic E-state index is 3.65. The summed E-state index contributed by atoms with van der Waals surface area (Å²) in [6.07, 6.45) is 8.16. The molecule has 1 heterocycles. The lowest BCUT2D eigenvalue weighted by Crippen LogP contribution is -2.35. The summed E-state index contributed by atoms with van der Waals surface area (Å²) in [6.45, 7) is 1.21. The zero-order valence-electron chi connectivity index (χ0n) is 10.3. The molecule has 2 heteroatoms. The maximum Gasteiger partial charge on any atom is 0.0108 e. The van der Waals surface area contributed by atoms with Crippen LogP contribution in [0.4, 0.5) is 0 Å². The summed E-state index contributed by atoms with van der Waals surface area (Å²) in [4.78, 5) is 1.53. The Morgan fingerprint density at radius 1 is 1.12 bits per heavy atom. The van der Waals surface area contributed by atoms with Crippen LogP contribution in [0.15, 0.2) is 29.2 Å². The van der Waals surface area contributed by atoms with Crippen LogP contribution >= 0.6 is 11.8 Å². The minimum absolute atomic E-state index is 0.713. The molecule has 1 aliphatic heterocycles. The van der Waals surface area contributed by atoms with E-state index in [1.54, 1.807) is 5.56 Å². The van der Waals surface area contributed by atoms with E-state index in [-0.39, 0.29) is 0 Å². The topological polar surface area (TPSA) is 12.0 Å². The predicted octanol–water partition coefficient (Wildman–Crippen LogP) is 3.63. The van der Waals surface area contributed by atoms with Crippen LogP contribution in [0, 0.1) is 0 Å². The van der Waals surface area contributed by atoms with Crippen molar-refractivity contribution in [3.63, 3.8) is 0 Å². The van der Waals surface area contributed by atoms with E-state index < -0.39 is 0 Å². The Balaban J connectivity index is 1.67. The number of piperidine rings is 1. The molecular formula is C15H21NS. The zero-order chi connectivity index (χ0) is 11.5. The molecule has 1 nitrogen and oxygen atoms in total. The van der Waals surface area contributed by atoms with Gasteiger partial charge >= 0.3 is 0 Å². The molecule has 2 fully saturated rings. The number of hydrogen-bond acceptors (Lipinski definition) is 2.